The van der Waals surface area contributed by atoms with Crippen molar-refractivity contribution in [2.45, 2.75) is 38.6 Å². The summed E-state index contributed by atoms with van der Waals surface area (Å²) in [7, 11) is 0. The summed E-state index contributed by atoms with van der Waals surface area (Å²) in [5, 5.41) is 12.3. The van der Waals surface area contributed by atoms with Crippen LogP contribution in [-0.4, -0.2) is 26.4 Å². The number of hydrogen-bond acceptors (Lipinski definition) is 5. The molecule has 0 saturated carbocycles. The highest BCUT2D eigenvalue weighted by Crippen LogP contribution is 2.24. The Morgan fingerprint density at radius 1 is 0.971 bits per heavy atom. The molecule has 34 heavy (non-hydrogen) atoms. The first-order valence-electron chi connectivity index (χ1n) is 11.3. The van der Waals surface area contributed by atoms with Crippen LogP contribution < -0.4 is 10.1 Å². The maximum absolute atomic E-state index is 12.4. The van der Waals surface area contributed by atoms with Gasteiger partial charge in [-0.1, -0.05) is 73.3 Å². The maximum atomic E-state index is 12.4. The first-order valence-corrected chi connectivity index (χ1v) is 12.3. The average molecular weight is 473 g/mol. The van der Waals surface area contributed by atoms with Crippen molar-refractivity contribution in [2.24, 2.45) is 0 Å². The molecule has 0 bridgehead atoms. The number of ether oxygens (including phenoxy) is 1. The van der Waals surface area contributed by atoms with E-state index in [0.717, 1.165) is 29.0 Å². The van der Waals surface area contributed by atoms with Gasteiger partial charge >= 0.3 is 0 Å². The fourth-order valence-electron chi connectivity index (χ4n) is 3.56. The van der Waals surface area contributed by atoms with Crippen molar-refractivity contribution in [1.82, 2.24) is 20.1 Å². The molecule has 1 aromatic heterocycles. The van der Waals surface area contributed by atoms with E-state index in [2.05, 4.69) is 41.5 Å². The van der Waals surface area contributed by atoms with E-state index in [4.69, 9.17) is 4.74 Å². The molecule has 4 rings (SSSR count). The number of amides is 1. The number of thioether (sulfide) groups is 1. The Kier molecular flexibility index (Phi) is 7.99. The monoisotopic (exact) mass is 472 g/mol. The van der Waals surface area contributed by atoms with E-state index < -0.39 is 0 Å². The van der Waals surface area contributed by atoms with Crippen molar-refractivity contribution in [2.75, 3.05) is 5.75 Å². The molecule has 0 atom stereocenters. The smallest absolute Gasteiger partial charge is 0.230 e. The van der Waals surface area contributed by atoms with Crippen molar-refractivity contribution >= 4 is 17.7 Å². The van der Waals surface area contributed by atoms with Crippen molar-refractivity contribution in [3.05, 3.63) is 101 Å². The zero-order valence-electron chi connectivity index (χ0n) is 19.4. The molecular formula is C27H28N4O2S. The lowest BCUT2D eigenvalue weighted by Gasteiger charge is -2.12. The molecule has 1 N–H and O–H groups in total. The van der Waals surface area contributed by atoms with Gasteiger partial charge < -0.3 is 10.1 Å². The normalized spacial score (nSPS) is 10.8. The van der Waals surface area contributed by atoms with Crippen LogP contribution in [0.3, 0.4) is 0 Å². The van der Waals surface area contributed by atoms with Crippen LogP contribution in [0.15, 0.2) is 84.0 Å². The lowest BCUT2D eigenvalue weighted by Crippen LogP contribution is -2.24. The van der Waals surface area contributed by atoms with Crippen molar-refractivity contribution in [3.8, 4) is 11.4 Å². The number of hydrogen-bond donors (Lipinski definition) is 1. The first kappa shape index (κ1) is 23.6. The van der Waals surface area contributed by atoms with Crippen molar-refractivity contribution in [1.29, 1.82) is 0 Å². The predicted molar refractivity (Wildman–Crippen MR) is 135 cm³/mol. The molecule has 1 amide bonds. The number of benzene rings is 3. The first-order chi connectivity index (χ1) is 16.6. The van der Waals surface area contributed by atoms with E-state index in [1.165, 1.54) is 17.3 Å². The molecule has 0 unspecified atom stereocenters. The van der Waals surface area contributed by atoms with E-state index in [9.17, 15) is 4.79 Å². The number of nitrogens with one attached hydrogen (secondary N) is 1. The minimum Gasteiger partial charge on any atom is -0.486 e. The van der Waals surface area contributed by atoms with Crippen LogP contribution in [0.25, 0.3) is 5.69 Å². The molecule has 0 aliphatic heterocycles. The number of nitrogens with zero attached hydrogens (tertiary/aromatic N) is 3. The van der Waals surface area contributed by atoms with Gasteiger partial charge in [0.25, 0.3) is 0 Å². The quantitative estimate of drug-likeness (QED) is 0.324. The largest absolute Gasteiger partial charge is 0.486 e. The molecule has 7 heteroatoms. The SMILES string of the molecule is CCc1cc(C)cc(OCc2nnc(SCC(=O)NCc3ccccc3)n2-c2ccccc2)c1. The number of aromatic nitrogens is 3. The van der Waals surface area contributed by atoms with E-state index >= 15 is 0 Å². The Morgan fingerprint density at radius 3 is 2.44 bits per heavy atom. The summed E-state index contributed by atoms with van der Waals surface area (Å²) in [6, 6.07) is 26.0. The zero-order valence-corrected chi connectivity index (χ0v) is 20.2. The third-order valence-corrected chi connectivity index (χ3v) is 6.20. The molecule has 3 aromatic carbocycles. The lowest BCUT2D eigenvalue weighted by atomic mass is 10.1. The highest BCUT2D eigenvalue weighted by atomic mass is 32.2. The van der Waals surface area contributed by atoms with E-state index in [-0.39, 0.29) is 18.3 Å². The highest BCUT2D eigenvalue weighted by molar-refractivity contribution is 7.99. The average Bonchev–Trinajstić information content (AvgIpc) is 3.28. The Hall–Kier alpha value is -3.58. The maximum Gasteiger partial charge on any atom is 0.230 e. The van der Waals surface area contributed by atoms with Crippen LogP contribution in [0.4, 0.5) is 0 Å². The summed E-state index contributed by atoms with van der Waals surface area (Å²) in [4.78, 5) is 12.4. The Labute approximate surface area is 204 Å². The highest BCUT2D eigenvalue weighted by Gasteiger charge is 2.16. The van der Waals surface area contributed by atoms with E-state index in [0.29, 0.717) is 17.5 Å². The molecule has 0 aliphatic rings. The number of aryl methyl sites for hydroxylation is 2. The molecule has 0 fully saturated rings. The Bertz CT molecular complexity index is 1230. The summed E-state index contributed by atoms with van der Waals surface area (Å²) in [6.45, 7) is 4.97. The van der Waals surface area contributed by atoms with Crippen LogP contribution in [-0.2, 0) is 24.4 Å². The summed E-state index contributed by atoms with van der Waals surface area (Å²) in [5.74, 6) is 1.68. The van der Waals surface area contributed by atoms with Crippen LogP contribution in [0.1, 0.15) is 29.4 Å². The van der Waals surface area contributed by atoms with Gasteiger partial charge in [0.15, 0.2) is 11.0 Å². The van der Waals surface area contributed by atoms with Crippen LogP contribution in [0, 0.1) is 6.92 Å². The summed E-state index contributed by atoms with van der Waals surface area (Å²) in [6.07, 6.45) is 0.950. The number of carbonyl (C=O) groups is 1. The van der Waals surface area contributed by atoms with Crippen LogP contribution in [0.5, 0.6) is 5.75 Å². The van der Waals surface area contributed by atoms with Gasteiger partial charge in [0.1, 0.15) is 12.4 Å². The van der Waals surface area contributed by atoms with Crippen molar-refractivity contribution in [3.63, 3.8) is 0 Å². The molecule has 0 spiro atoms. The van der Waals surface area contributed by atoms with Gasteiger partial charge in [-0.05, 0) is 54.3 Å². The molecule has 1 heterocycles. The molecule has 4 aromatic rings. The summed E-state index contributed by atoms with van der Waals surface area (Å²) in [5.41, 5.74) is 4.39. The zero-order chi connectivity index (χ0) is 23.8. The van der Waals surface area contributed by atoms with E-state index in [1.807, 2.05) is 71.3 Å². The third-order valence-electron chi connectivity index (χ3n) is 5.27. The standard InChI is InChI=1S/C27H28N4O2S/c1-3-21-14-20(2)15-24(16-21)33-18-25-29-30-27(31(25)23-12-8-5-9-13-23)34-19-26(32)28-17-22-10-6-4-7-11-22/h4-16H,3,17-19H2,1-2H3,(H,28,32). The van der Waals surface area contributed by atoms with Gasteiger partial charge in [0.05, 0.1) is 5.75 Å². The second-order valence-corrected chi connectivity index (χ2v) is 8.86. The molecule has 174 valence electrons. The number of carbonyl (C=O) groups excluding carboxylic acids is 1. The summed E-state index contributed by atoms with van der Waals surface area (Å²) < 4.78 is 8.04. The summed E-state index contributed by atoms with van der Waals surface area (Å²) >= 11 is 1.36. The predicted octanol–water partition coefficient (Wildman–Crippen LogP) is 5.13. The Balaban J connectivity index is 1.46. The second kappa shape index (κ2) is 11.5. The minimum atomic E-state index is -0.0545. The number of para-hydroxylation sites is 1. The van der Waals surface area contributed by atoms with Gasteiger partial charge in [-0.2, -0.15) is 0 Å². The Morgan fingerprint density at radius 2 is 1.71 bits per heavy atom. The topological polar surface area (TPSA) is 69.0 Å². The van der Waals surface area contributed by atoms with Gasteiger partial charge in [-0.25, -0.2) is 0 Å². The molecular weight excluding hydrogens is 444 g/mol. The van der Waals surface area contributed by atoms with Gasteiger partial charge in [-0.3, -0.25) is 9.36 Å². The molecule has 6 nitrogen and oxygen atoms in total. The van der Waals surface area contributed by atoms with E-state index in [1.54, 1.807) is 0 Å². The van der Waals surface area contributed by atoms with Gasteiger partial charge in [-0.15, -0.1) is 10.2 Å². The molecule has 0 radical (unpaired) electrons. The molecule has 0 saturated heterocycles. The van der Waals surface area contributed by atoms with Crippen LogP contribution >= 0.6 is 11.8 Å². The van der Waals surface area contributed by atoms with Crippen LogP contribution in [0.2, 0.25) is 0 Å². The third kappa shape index (κ3) is 6.26. The second-order valence-electron chi connectivity index (χ2n) is 7.92. The van der Waals surface area contributed by atoms with Gasteiger partial charge in [0.2, 0.25) is 5.91 Å². The minimum absolute atomic E-state index is 0.0545. The van der Waals surface area contributed by atoms with Crippen molar-refractivity contribution < 1.29 is 9.53 Å². The fraction of sp³-hybridized carbons (Fsp3) is 0.222. The number of rotatable bonds is 10. The molecule has 0 aliphatic carbocycles. The lowest BCUT2D eigenvalue weighted by molar-refractivity contribution is -0.118. The van der Waals surface area contributed by atoms with Gasteiger partial charge in [0, 0.05) is 12.2 Å². The fourth-order valence-corrected chi connectivity index (χ4v) is 4.36.